The van der Waals surface area contributed by atoms with Crippen LogP contribution in [0, 0.1) is 0 Å². The molecule has 2 aromatic carbocycles. The number of nitrogens with one attached hydrogen (secondary N) is 1. The van der Waals surface area contributed by atoms with Gasteiger partial charge in [-0.05, 0) is 42.0 Å². The molecule has 4 heteroatoms. The van der Waals surface area contributed by atoms with Gasteiger partial charge in [0.1, 0.15) is 6.17 Å². The number of rotatable bonds is 3. The summed E-state index contributed by atoms with van der Waals surface area (Å²) in [5.41, 5.74) is 3.70. The molecule has 0 aromatic heterocycles. The zero-order valence-corrected chi connectivity index (χ0v) is 13.1. The summed E-state index contributed by atoms with van der Waals surface area (Å²) in [6.45, 7) is 2.00. The van der Waals surface area contributed by atoms with E-state index in [-0.39, 0.29) is 6.17 Å². The largest absolute Gasteiger partial charge is 0.378 e. The predicted molar refractivity (Wildman–Crippen MR) is 90.3 cm³/mol. The van der Waals surface area contributed by atoms with Crippen molar-refractivity contribution in [3.63, 3.8) is 0 Å². The van der Waals surface area contributed by atoms with Crippen LogP contribution in [0.15, 0.2) is 48.5 Å². The Morgan fingerprint density at radius 2 is 1.71 bits per heavy atom. The summed E-state index contributed by atoms with van der Waals surface area (Å²) in [6.07, 6.45) is 0.215. The third-order valence-electron chi connectivity index (χ3n) is 3.89. The third-order valence-corrected chi connectivity index (χ3v) is 4.14. The number of benzene rings is 2. The van der Waals surface area contributed by atoms with Crippen LogP contribution in [0.4, 0.5) is 11.4 Å². The van der Waals surface area contributed by atoms with Crippen molar-refractivity contribution in [2.75, 3.05) is 37.0 Å². The Kier molecular flexibility index (Phi) is 4.04. The molecule has 1 unspecified atom stereocenters. The zero-order chi connectivity index (χ0) is 14.8. The monoisotopic (exact) mass is 301 g/mol. The second-order valence-electron chi connectivity index (χ2n) is 5.51. The average molecular weight is 302 g/mol. The molecule has 1 fully saturated rings. The summed E-state index contributed by atoms with van der Waals surface area (Å²) in [6, 6.07) is 16.8. The van der Waals surface area contributed by atoms with Crippen LogP contribution in [-0.2, 0) is 0 Å². The maximum atomic E-state index is 5.98. The molecule has 1 atom stereocenters. The van der Waals surface area contributed by atoms with E-state index in [9.17, 15) is 0 Å². The molecule has 21 heavy (non-hydrogen) atoms. The van der Waals surface area contributed by atoms with Crippen molar-refractivity contribution in [1.82, 2.24) is 5.32 Å². The average Bonchev–Trinajstić information content (AvgIpc) is 2.97. The maximum Gasteiger partial charge on any atom is 0.106 e. The fourth-order valence-corrected chi connectivity index (χ4v) is 2.85. The highest BCUT2D eigenvalue weighted by Crippen LogP contribution is 2.30. The van der Waals surface area contributed by atoms with Gasteiger partial charge in [0.15, 0.2) is 0 Å². The van der Waals surface area contributed by atoms with Crippen molar-refractivity contribution in [3.8, 4) is 0 Å². The van der Waals surface area contributed by atoms with E-state index in [4.69, 9.17) is 11.6 Å². The summed E-state index contributed by atoms with van der Waals surface area (Å²) >= 11 is 5.98. The Labute approximate surface area is 131 Å². The van der Waals surface area contributed by atoms with Crippen molar-refractivity contribution in [2.24, 2.45) is 0 Å². The van der Waals surface area contributed by atoms with Crippen LogP contribution < -0.4 is 15.1 Å². The second-order valence-corrected chi connectivity index (χ2v) is 5.95. The molecule has 1 aliphatic rings. The van der Waals surface area contributed by atoms with E-state index < -0.39 is 0 Å². The first-order chi connectivity index (χ1) is 10.1. The highest BCUT2D eigenvalue weighted by Gasteiger charge is 2.25. The van der Waals surface area contributed by atoms with Gasteiger partial charge in [0.2, 0.25) is 0 Å². The van der Waals surface area contributed by atoms with Gasteiger partial charge in [-0.25, -0.2) is 0 Å². The van der Waals surface area contributed by atoms with E-state index in [0.29, 0.717) is 0 Å². The number of anilines is 2. The van der Waals surface area contributed by atoms with Crippen LogP contribution in [0.3, 0.4) is 0 Å². The molecular weight excluding hydrogens is 282 g/mol. The number of halogens is 1. The lowest BCUT2D eigenvalue weighted by Crippen LogP contribution is -2.27. The van der Waals surface area contributed by atoms with Gasteiger partial charge in [-0.15, -0.1) is 0 Å². The predicted octanol–water partition coefficient (Wildman–Crippen LogP) is 3.51. The summed E-state index contributed by atoms with van der Waals surface area (Å²) in [4.78, 5) is 4.51. The van der Waals surface area contributed by atoms with E-state index >= 15 is 0 Å². The minimum absolute atomic E-state index is 0.215. The highest BCUT2D eigenvalue weighted by molar-refractivity contribution is 6.30. The van der Waals surface area contributed by atoms with Crippen LogP contribution in [-0.4, -0.2) is 27.2 Å². The molecule has 0 saturated carbocycles. The fraction of sp³-hybridized carbons (Fsp3) is 0.294. The quantitative estimate of drug-likeness (QED) is 0.936. The number of nitrogens with zero attached hydrogens (tertiary/aromatic N) is 2. The fourth-order valence-electron chi connectivity index (χ4n) is 2.72. The lowest BCUT2D eigenvalue weighted by atomic mass is 10.1. The molecule has 3 nitrogen and oxygen atoms in total. The van der Waals surface area contributed by atoms with Crippen LogP contribution in [0.5, 0.6) is 0 Å². The normalized spacial score (nSPS) is 18.0. The van der Waals surface area contributed by atoms with Gasteiger partial charge >= 0.3 is 0 Å². The molecule has 1 heterocycles. The van der Waals surface area contributed by atoms with Crippen molar-refractivity contribution in [3.05, 3.63) is 59.1 Å². The minimum Gasteiger partial charge on any atom is -0.378 e. The molecular formula is C17H20ClN3. The summed E-state index contributed by atoms with van der Waals surface area (Å²) in [5, 5.41) is 4.33. The molecule has 0 amide bonds. The second kappa shape index (κ2) is 5.96. The molecule has 0 radical (unpaired) electrons. The zero-order valence-electron chi connectivity index (χ0n) is 12.4. The van der Waals surface area contributed by atoms with Crippen molar-refractivity contribution in [1.29, 1.82) is 0 Å². The van der Waals surface area contributed by atoms with Crippen LogP contribution in [0.25, 0.3) is 0 Å². The molecule has 1 saturated heterocycles. The molecule has 0 spiro atoms. The highest BCUT2D eigenvalue weighted by atomic mass is 35.5. The first-order valence-corrected chi connectivity index (χ1v) is 7.56. The molecule has 1 aliphatic heterocycles. The van der Waals surface area contributed by atoms with Gasteiger partial charge in [-0.3, -0.25) is 5.32 Å². The van der Waals surface area contributed by atoms with E-state index in [0.717, 1.165) is 18.1 Å². The van der Waals surface area contributed by atoms with Gasteiger partial charge in [-0.1, -0.05) is 23.7 Å². The van der Waals surface area contributed by atoms with E-state index in [1.807, 2.05) is 12.1 Å². The molecule has 0 aliphatic carbocycles. The van der Waals surface area contributed by atoms with Gasteiger partial charge in [0.05, 0.1) is 0 Å². The Morgan fingerprint density at radius 3 is 2.33 bits per heavy atom. The molecule has 110 valence electrons. The van der Waals surface area contributed by atoms with E-state index in [1.54, 1.807) is 0 Å². The van der Waals surface area contributed by atoms with Gasteiger partial charge in [0.25, 0.3) is 0 Å². The smallest absolute Gasteiger partial charge is 0.106 e. The Hall–Kier alpha value is -1.71. The summed E-state index contributed by atoms with van der Waals surface area (Å²) in [5.74, 6) is 0. The third kappa shape index (κ3) is 2.99. The molecule has 1 N–H and O–H groups in total. The lowest BCUT2D eigenvalue weighted by molar-refractivity contribution is 0.644. The number of hydrogen-bond donors (Lipinski definition) is 1. The summed E-state index contributed by atoms with van der Waals surface area (Å²) < 4.78 is 0. The van der Waals surface area contributed by atoms with Crippen molar-refractivity contribution < 1.29 is 0 Å². The Morgan fingerprint density at radius 1 is 1.05 bits per heavy atom. The van der Waals surface area contributed by atoms with E-state index in [1.165, 1.54) is 16.9 Å². The Bertz CT molecular complexity index is 592. The molecule has 3 rings (SSSR count). The summed E-state index contributed by atoms with van der Waals surface area (Å²) in [7, 11) is 4.12. The van der Waals surface area contributed by atoms with Crippen LogP contribution in [0.1, 0.15) is 11.7 Å². The van der Waals surface area contributed by atoms with E-state index in [2.05, 4.69) is 65.6 Å². The van der Waals surface area contributed by atoms with Crippen LogP contribution >= 0.6 is 11.6 Å². The van der Waals surface area contributed by atoms with Crippen molar-refractivity contribution >= 4 is 23.0 Å². The molecule has 2 aromatic rings. The Balaban J connectivity index is 1.85. The maximum absolute atomic E-state index is 5.98. The van der Waals surface area contributed by atoms with Gasteiger partial charge < -0.3 is 9.80 Å². The van der Waals surface area contributed by atoms with Crippen LogP contribution in [0.2, 0.25) is 5.02 Å². The standard InChI is InChI=1S/C17H20ClN3/c1-20(2)15-7-9-16(10-8-15)21-12-11-19-17(21)13-3-5-14(18)6-4-13/h3-10,17,19H,11-12H2,1-2H3. The first-order valence-electron chi connectivity index (χ1n) is 7.18. The van der Waals surface area contributed by atoms with Crippen molar-refractivity contribution in [2.45, 2.75) is 6.17 Å². The molecule has 0 bridgehead atoms. The SMILES string of the molecule is CN(C)c1ccc(N2CCNC2c2ccc(Cl)cc2)cc1. The van der Waals surface area contributed by atoms with Gasteiger partial charge in [0, 0.05) is 43.6 Å². The first kappa shape index (κ1) is 14.2. The number of hydrogen-bond acceptors (Lipinski definition) is 3. The topological polar surface area (TPSA) is 18.5 Å². The lowest BCUT2D eigenvalue weighted by Gasteiger charge is -2.27. The van der Waals surface area contributed by atoms with Gasteiger partial charge in [-0.2, -0.15) is 0 Å². The minimum atomic E-state index is 0.215.